The minimum Gasteiger partial charge on any atom is -0.482 e. The van der Waals surface area contributed by atoms with Crippen LogP contribution in [0.15, 0.2) is 35.7 Å². The third-order valence-electron chi connectivity index (χ3n) is 1.39. The number of ether oxygens (including phenoxy) is 1. The largest absolute Gasteiger partial charge is 0.482 e. The molecule has 0 unspecified atom stereocenters. The molecule has 1 rings (SSSR count). The van der Waals surface area contributed by atoms with E-state index in [4.69, 9.17) is 17.0 Å². The quantitative estimate of drug-likeness (QED) is 0.693. The van der Waals surface area contributed by atoms with E-state index < -0.39 is 0 Å². The van der Waals surface area contributed by atoms with Gasteiger partial charge in [0.25, 0.3) is 0 Å². The maximum absolute atomic E-state index is 4.86. The lowest BCUT2D eigenvalue weighted by atomic mass is 10.2. The first kappa shape index (κ1) is 10.3. The van der Waals surface area contributed by atoms with Gasteiger partial charge in [-0.3, -0.25) is 0 Å². The fourth-order valence-corrected chi connectivity index (χ4v) is 1.38. The van der Waals surface area contributed by atoms with E-state index in [9.17, 15) is 0 Å². The van der Waals surface area contributed by atoms with Crippen LogP contribution >= 0.6 is 24.0 Å². The summed E-state index contributed by atoms with van der Waals surface area (Å²) in [6.45, 7) is 0. The minimum absolute atomic E-state index is 0.534. The zero-order chi connectivity index (χ0) is 9.52. The molecule has 0 saturated carbocycles. The monoisotopic (exact) mass is 210 g/mol. The fraction of sp³-hybridized carbons (Fsp3) is 0.100. The Morgan fingerprint density at radius 2 is 2.08 bits per heavy atom. The Kier molecular flexibility index (Phi) is 4.57. The molecular weight excluding hydrogens is 200 g/mol. The molecule has 0 saturated heterocycles. The van der Waals surface area contributed by atoms with Gasteiger partial charge in [0.05, 0.1) is 7.11 Å². The van der Waals surface area contributed by atoms with Gasteiger partial charge in [0.2, 0.25) is 4.38 Å². The highest BCUT2D eigenvalue weighted by Gasteiger charge is 1.89. The van der Waals surface area contributed by atoms with E-state index in [1.54, 1.807) is 7.11 Å². The van der Waals surface area contributed by atoms with Crippen molar-refractivity contribution in [3.8, 4) is 0 Å². The average Bonchev–Trinajstić information content (AvgIpc) is 2.19. The Hall–Kier alpha value is -0.800. The molecule has 0 N–H and O–H groups in total. The van der Waals surface area contributed by atoms with E-state index in [1.807, 2.05) is 41.8 Å². The predicted octanol–water partition coefficient (Wildman–Crippen LogP) is 3.32. The summed E-state index contributed by atoms with van der Waals surface area (Å²) in [5, 5.41) is 1.92. The molecule has 13 heavy (non-hydrogen) atoms. The SMILES string of the molecule is COC(=S)S/C=C/c1ccccc1. The summed E-state index contributed by atoms with van der Waals surface area (Å²) in [4.78, 5) is 0. The summed E-state index contributed by atoms with van der Waals surface area (Å²) in [5.41, 5.74) is 1.16. The predicted molar refractivity (Wildman–Crippen MR) is 62.7 cm³/mol. The smallest absolute Gasteiger partial charge is 0.224 e. The molecule has 0 fully saturated rings. The third-order valence-corrected chi connectivity index (χ3v) is 2.48. The second-order valence-corrected chi connectivity index (χ2v) is 3.79. The Balaban J connectivity index is 2.45. The van der Waals surface area contributed by atoms with Crippen molar-refractivity contribution in [1.82, 2.24) is 0 Å². The van der Waals surface area contributed by atoms with Gasteiger partial charge < -0.3 is 4.74 Å². The molecule has 0 aliphatic rings. The fourth-order valence-electron chi connectivity index (χ4n) is 0.780. The summed E-state index contributed by atoms with van der Waals surface area (Å²) in [6.07, 6.45) is 2.00. The van der Waals surface area contributed by atoms with Gasteiger partial charge in [-0.2, -0.15) is 0 Å². The lowest BCUT2D eigenvalue weighted by Gasteiger charge is -1.95. The second-order valence-electron chi connectivity index (χ2n) is 2.29. The Labute approximate surface area is 87.8 Å². The van der Waals surface area contributed by atoms with Crippen LogP contribution in [0.5, 0.6) is 0 Å². The standard InChI is InChI=1S/C10H10OS2/c1-11-10(12)13-8-7-9-5-3-2-4-6-9/h2-8H,1H3/b8-7+. The second kappa shape index (κ2) is 5.78. The van der Waals surface area contributed by atoms with E-state index >= 15 is 0 Å². The molecule has 68 valence electrons. The van der Waals surface area contributed by atoms with E-state index in [0.29, 0.717) is 4.38 Å². The number of hydrogen-bond donors (Lipinski definition) is 0. The molecule has 3 heteroatoms. The number of thioether (sulfide) groups is 1. The molecule has 1 nitrogen and oxygen atoms in total. The highest BCUT2D eigenvalue weighted by Crippen LogP contribution is 2.10. The summed E-state index contributed by atoms with van der Waals surface area (Å²) in [5.74, 6) is 0. The summed E-state index contributed by atoms with van der Waals surface area (Å²) >= 11 is 6.26. The molecular formula is C10H10OS2. The van der Waals surface area contributed by atoms with Crippen LogP contribution < -0.4 is 0 Å². The molecule has 0 heterocycles. The lowest BCUT2D eigenvalue weighted by molar-refractivity contribution is 0.426. The van der Waals surface area contributed by atoms with Crippen molar-refractivity contribution in [2.45, 2.75) is 0 Å². The van der Waals surface area contributed by atoms with Gasteiger partial charge in [0.15, 0.2) is 0 Å². The summed E-state index contributed by atoms with van der Waals surface area (Å²) < 4.78 is 5.37. The molecule has 0 bridgehead atoms. The van der Waals surface area contributed by atoms with Crippen LogP contribution in [0.2, 0.25) is 0 Å². The lowest BCUT2D eigenvalue weighted by Crippen LogP contribution is -1.85. The Morgan fingerprint density at radius 3 is 2.69 bits per heavy atom. The first-order chi connectivity index (χ1) is 6.33. The zero-order valence-corrected chi connectivity index (χ0v) is 8.90. The Bertz CT molecular complexity index is 293. The average molecular weight is 210 g/mol. The number of benzene rings is 1. The van der Waals surface area contributed by atoms with Crippen LogP contribution in [0.25, 0.3) is 6.08 Å². The maximum Gasteiger partial charge on any atom is 0.224 e. The molecule has 1 aromatic rings. The number of rotatable bonds is 2. The highest BCUT2D eigenvalue weighted by atomic mass is 32.2. The van der Waals surface area contributed by atoms with Crippen LogP contribution in [-0.4, -0.2) is 11.5 Å². The number of hydrogen-bond acceptors (Lipinski definition) is 3. The van der Waals surface area contributed by atoms with E-state index in [0.717, 1.165) is 5.56 Å². The first-order valence-corrected chi connectivity index (χ1v) is 5.08. The van der Waals surface area contributed by atoms with Crippen LogP contribution in [0.4, 0.5) is 0 Å². The van der Waals surface area contributed by atoms with Gasteiger partial charge >= 0.3 is 0 Å². The first-order valence-electron chi connectivity index (χ1n) is 3.79. The Morgan fingerprint density at radius 1 is 1.38 bits per heavy atom. The molecule has 0 aliphatic heterocycles. The highest BCUT2D eigenvalue weighted by molar-refractivity contribution is 8.24. The van der Waals surface area contributed by atoms with Crippen molar-refractivity contribution in [2.75, 3.05) is 7.11 Å². The zero-order valence-electron chi connectivity index (χ0n) is 7.27. The molecule has 0 spiro atoms. The maximum atomic E-state index is 4.86. The van der Waals surface area contributed by atoms with Crippen LogP contribution in [0, 0.1) is 0 Å². The van der Waals surface area contributed by atoms with Crippen molar-refractivity contribution < 1.29 is 4.74 Å². The van der Waals surface area contributed by atoms with Crippen LogP contribution in [-0.2, 0) is 4.74 Å². The molecule has 0 atom stereocenters. The van der Waals surface area contributed by atoms with Gasteiger partial charge in [-0.05, 0) is 41.0 Å². The van der Waals surface area contributed by atoms with Gasteiger partial charge in [0.1, 0.15) is 0 Å². The van der Waals surface area contributed by atoms with Crippen molar-refractivity contribution >= 4 is 34.4 Å². The van der Waals surface area contributed by atoms with E-state index in [1.165, 1.54) is 11.8 Å². The normalized spacial score (nSPS) is 10.2. The van der Waals surface area contributed by atoms with E-state index in [-0.39, 0.29) is 0 Å². The molecule has 1 aromatic carbocycles. The third kappa shape index (κ3) is 4.10. The molecule has 0 amide bonds. The van der Waals surface area contributed by atoms with Gasteiger partial charge in [-0.15, -0.1) is 0 Å². The van der Waals surface area contributed by atoms with Gasteiger partial charge in [-0.25, -0.2) is 0 Å². The molecule has 0 aliphatic carbocycles. The summed E-state index contributed by atoms with van der Waals surface area (Å²) in [7, 11) is 1.58. The number of thiocarbonyl (C=S) groups is 1. The van der Waals surface area contributed by atoms with E-state index in [2.05, 4.69) is 0 Å². The topological polar surface area (TPSA) is 9.23 Å². The van der Waals surface area contributed by atoms with Crippen molar-refractivity contribution in [3.63, 3.8) is 0 Å². The van der Waals surface area contributed by atoms with Crippen LogP contribution in [0.1, 0.15) is 5.56 Å². The van der Waals surface area contributed by atoms with Crippen molar-refractivity contribution in [1.29, 1.82) is 0 Å². The van der Waals surface area contributed by atoms with Gasteiger partial charge in [-0.1, -0.05) is 30.3 Å². The summed E-state index contributed by atoms with van der Waals surface area (Å²) in [6, 6.07) is 10.1. The van der Waals surface area contributed by atoms with Crippen LogP contribution in [0.3, 0.4) is 0 Å². The minimum atomic E-state index is 0.534. The molecule has 0 radical (unpaired) electrons. The van der Waals surface area contributed by atoms with Gasteiger partial charge in [0, 0.05) is 0 Å². The van der Waals surface area contributed by atoms with Crippen molar-refractivity contribution in [3.05, 3.63) is 41.3 Å². The number of methoxy groups -OCH3 is 1. The molecule has 0 aromatic heterocycles. The van der Waals surface area contributed by atoms with Crippen molar-refractivity contribution in [2.24, 2.45) is 0 Å².